The van der Waals surface area contributed by atoms with Gasteiger partial charge in [0, 0.05) is 63.5 Å². The molecule has 0 aliphatic carbocycles. The van der Waals surface area contributed by atoms with E-state index in [1.54, 1.807) is 36.4 Å². The largest absolute Gasteiger partial charge is 0.444 e. The summed E-state index contributed by atoms with van der Waals surface area (Å²) in [5, 5.41) is 14.2. The Hall–Kier alpha value is -6.49. The number of nitrogens with zero attached hydrogens (tertiary/aromatic N) is 5. The van der Waals surface area contributed by atoms with Gasteiger partial charge in [0.25, 0.3) is 23.6 Å². The fourth-order valence-electron chi connectivity index (χ4n) is 13.3. The van der Waals surface area contributed by atoms with Gasteiger partial charge in [0.1, 0.15) is 17.7 Å². The summed E-state index contributed by atoms with van der Waals surface area (Å²) in [4.78, 5) is 121. The van der Waals surface area contributed by atoms with Crippen LogP contribution in [0.15, 0.2) is 36.4 Å². The number of hydrogen-bond donors (Lipinski definition) is 5. The third-order valence-electron chi connectivity index (χ3n) is 18.6. The van der Waals surface area contributed by atoms with Crippen molar-refractivity contribution in [2.75, 3.05) is 168 Å². The third-order valence-corrected chi connectivity index (χ3v) is 18.6. The lowest BCUT2D eigenvalue weighted by Gasteiger charge is -2.46. The lowest BCUT2D eigenvalue weighted by molar-refractivity contribution is -0.137. The number of imide groups is 4. The molecule has 26 heteroatoms. The Morgan fingerprint density at radius 3 is 1.26 bits per heavy atom. The van der Waals surface area contributed by atoms with Gasteiger partial charge in [0.2, 0.25) is 23.6 Å². The van der Waals surface area contributed by atoms with Crippen LogP contribution >= 0.6 is 0 Å². The Bertz CT molecular complexity index is 2870. The van der Waals surface area contributed by atoms with Crippen LogP contribution < -0.4 is 26.6 Å². The van der Waals surface area contributed by atoms with Crippen molar-refractivity contribution in [3.05, 3.63) is 58.7 Å². The summed E-state index contributed by atoms with van der Waals surface area (Å²) in [6.07, 6.45) is 9.84. The minimum atomic E-state index is -1.00. The number of hydrogen-bond acceptors (Lipinski definition) is 21. The first-order chi connectivity index (χ1) is 43.9. The molecule has 8 aliphatic rings. The third kappa shape index (κ3) is 18.6. The van der Waals surface area contributed by atoms with Gasteiger partial charge in [0.05, 0.1) is 102 Å². The smallest absolute Gasteiger partial charge is 0.410 e. The summed E-state index contributed by atoms with van der Waals surface area (Å²) < 4.78 is 39.6. The van der Waals surface area contributed by atoms with Crippen LogP contribution in [0.2, 0.25) is 0 Å². The highest BCUT2D eigenvalue weighted by atomic mass is 16.6. The molecule has 0 saturated carbocycles. The normalized spacial score (nSPS) is 21.8. The second-order valence-corrected chi connectivity index (χ2v) is 25.8. The van der Waals surface area contributed by atoms with Crippen molar-refractivity contribution in [1.29, 1.82) is 0 Å². The van der Waals surface area contributed by atoms with Crippen molar-refractivity contribution in [3.63, 3.8) is 0 Å². The molecule has 2 aromatic rings. The molecule has 10 rings (SSSR count). The van der Waals surface area contributed by atoms with E-state index in [0.717, 1.165) is 81.4 Å². The van der Waals surface area contributed by atoms with Crippen molar-refractivity contribution >= 4 is 64.7 Å². The fraction of sp³-hybridized carbons (Fsp3) is 0.677. The molecule has 2 spiro atoms. The first-order valence-corrected chi connectivity index (χ1v) is 32.7. The van der Waals surface area contributed by atoms with Gasteiger partial charge in [-0.1, -0.05) is 12.1 Å². The van der Waals surface area contributed by atoms with E-state index in [4.69, 9.17) is 33.2 Å². The molecule has 2 atom stereocenters. The van der Waals surface area contributed by atoms with E-state index in [1.165, 1.54) is 51.9 Å². The van der Waals surface area contributed by atoms with Crippen molar-refractivity contribution in [1.82, 2.24) is 40.4 Å². The van der Waals surface area contributed by atoms with Crippen LogP contribution in [0.4, 0.5) is 16.2 Å². The summed E-state index contributed by atoms with van der Waals surface area (Å²) in [5.41, 5.74) is 2.39. The predicted molar refractivity (Wildman–Crippen MR) is 333 cm³/mol. The lowest BCUT2D eigenvalue weighted by Crippen LogP contribution is -2.54. The maximum Gasteiger partial charge on any atom is 0.410 e. The Morgan fingerprint density at radius 1 is 0.495 bits per heavy atom. The van der Waals surface area contributed by atoms with Gasteiger partial charge >= 0.3 is 6.09 Å². The second-order valence-electron chi connectivity index (χ2n) is 25.8. The zero-order chi connectivity index (χ0) is 64.4. The van der Waals surface area contributed by atoms with Crippen molar-refractivity contribution in [2.45, 2.75) is 116 Å². The molecule has 5 N–H and O–H groups in total. The van der Waals surface area contributed by atoms with E-state index < -0.39 is 64.9 Å². The van der Waals surface area contributed by atoms with E-state index in [-0.39, 0.29) is 54.0 Å². The van der Waals surface area contributed by atoms with E-state index in [1.807, 2.05) is 25.7 Å². The minimum absolute atomic E-state index is 0.0736. The van der Waals surface area contributed by atoms with Crippen LogP contribution in [0.3, 0.4) is 0 Å². The van der Waals surface area contributed by atoms with Crippen LogP contribution in [0.1, 0.15) is 139 Å². The van der Waals surface area contributed by atoms with Crippen LogP contribution in [0.25, 0.3) is 0 Å². The van der Waals surface area contributed by atoms with Crippen LogP contribution in [-0.4, -0.2) is 253 Å². The number of nitrogens with one attached hydrogen (secondary N) is 5. The van der Waals surface area contributed by atoms with E-state index in [2.05, 4.69) is 36.4 Å². The topological polar surface area (TPSA) is 295 Å². The Balaban J connectivity index is 0.000000218. The first kappa shape index (κ1) is 68.9. The van der Waals surface area contributed by atoms with E-state index >= 15 is 0 Å². The standard InChI is InChI=1S/C35H51N5O9.C30H43N5O7/c1-34(2,3)49-33(45)39-16-11-35(12-17-39)9-14-38(15-10-35)18-20-47-22-24-48-23-21-46-19-13-36-26-6-4-5-25-29(26)32(44)40(31(25)43)27-7-8-28(41)37-30(27)42;36-25-5-4-24(27(37)33-25)35-28(38)22-2-1-3-23(26(22)29(35)39)32-12-16-40-18-20-42-21-19-41-17-15-34-13-8-30(9-14-34)6-10-31-11-7-30/h4-6,27,36H,7-24H2,1-3H3,(H,37,41,42);1-3,24,31-32H,4-21H2,(H,33,36,37). The predicted octanol–water partition coefficient (Wildman–Crippen LogP) is 3.68. The number of rotatable bonds is 28. The first-order valence-electron chi connectivity index (χ1n) is 32.7. The quantitative estimate of drug-likeness (QED) is 0.0600. The van der Waals surface area contributed by atoms with E-state index in [9.17, 15) is 43.2 Å². The van der Waals surface area contributed by atoms with E-state index in [0.29, 0.717) is 108 Å². The molecule has 8 aliphatic heterocycles. The van der Waals surface area contributed by atoms with Crippen molar-refractivity contribution < 1.29 is 76.3 Å². The number of likely N-dealkylation sites (tertiary alicyclic amines) is 3. The number of carbonyl (C=O) groups excluding carboxylic acids is 9. The molecular weight excluding hydrogens is 1180 g/mol. The minimum Gasteiger partial charge on any atom is -0.444 e. The maximum absolute atomic E-state index is 13.2. The molecular formula is C65H94N10O16. The molecule has 6 saturated heterocycles. The summed E-state index contributed by atoms with van der Waals surface area (Å²) in [6, 6.07) is 7.94. The number of benzene rings is 2. The maximum atomic E-state index is 13.2. The zero-order valence-corrected chi connectivity index (χ0v) is 53.3. The van der Waals surface area contributed by atoms with Gasteiger partial charge in [0.15, 0.2) is 0 Å². The highest BCUT2D eigenvalue weighted by molar-refractivity contribution is 6.26. The van der Waals surface area contributed by atoms with Crippen LogP contribution in [-0.2, 0) is 52.3 Å². The Labute approximate surface area is 533 Å². The number of ether oxygens (including phenoxy) is 7. The molecule has 91 heavy (non-hydrogen) atoms. The SMILES string of the molecule is CC(C)(C)OC(=O)N1CCC2(CCN(CCOCCOCCOCCNc3cccc4c3C(=O)N(C3CCC(=O)NC3=O)C4=O)CC2)CC1.O=C1CCC(N2C(=O)c3cccc(NCCOCCOCCOCCN4CCC5(CCNCC5)CC4)c3C2=O)C(=O)N1. The number of anilines is 2. The second kappa shape index (κ2) is 32.9. The fourth-order valence-corrected chi connectivity index (χ4v) is 13.3. The van der Waals surface area contributed by atoms with Crippen LogP contribution in [0, 0.1) is 10.8 Å². The van der Waals surface area contributed by atoms with Crippen molar-refractivity contribution in [3.8, 4) is 0 Å². The molecule has 500 valence electrons. The molecule has 2 aromatic carbocycles. The van der Waals surface area contributed by atoms with Gasteiger partial charge in [-0.15, -0.1) is 0 Å². The summed E-state index contributed by atoms with van der Waals surface area (Å²) in [6.45, 7) is 22.7. The monoisotopic (exact) mass is 1270 g/mol. The molecule has 0 radical (unpaired) electrons. The highest BCUT2D eigenvalue weighted by Gasteiger charge is 2.48. The molecule has 6 fully saturated rings. The van der Waals surface area contributed by atoms with Crippen molar-refractivity contribution in [2.24, 2.45) is 10.8 Å². The lowest BCUT2D eigenvalue weighted by atomic mass is 9.71. The van der Waals surface area contributed by atoms with Gasteiger partial charge < -0.3 is 63.8 Å². The Kier molecular flexibility index (Phi) is 24.9. The zero-order valence-electron chi connectivity index (χ0n) is 53.3. The number of piperidine rings is 6. The molecule has 8 heterocycles. The number of fused-ring (bicyclic) bond motifs is 2. The highest BCUT2D eigenvalue weighted by Crippen LogP contribution is 2.42. The summed E-state index contributed by atoms with van der Waals surface area (Å²) in [5.74, 6) is -4.22. The summed E-state index contributed by atoms with van der Waals surface area (Å²) in [7, 11) is 0. The molecule has 0 aromatic heterocycles. The Morgan fingerprint density at radius 2 is 0.868 bits per heavy atom. The van der Waals surface area contributed by atoms with Gasteiger partial charge in [-0.25, -0.2) is 4.79 Å². The van der Waals surface area contributed by atoms with Crippen LogP contribution in [0.5, 0.6) is 0 Å². The molecule has 9 amide bonds. The van der Waals surface area contributed by atoms with Gasteiger partial charge in [-0.3, -0.25) is 58.8 Å². The van der Waals surface area contributed by atoms with Gasteiger partial charge in [-0.05, 0) is 159 Å². The summed E-state index contributed by atoms with van der Waals surface area (Å²) >= 11 is 0. The van der Waals surface area contributed by atoms with Gasteiger partial charge in [-0.2, -0.15) is 0 Å². The molecule has 0 bridgehead atoms. The number of carbonyl (C=O) groups is 9. The average Bonchev–Trinajstić information content (AvgIpc) is 1.64. The average molecular weight is 1270 g/mol. The molecule has 2 unspecified atom stereocenters. The molecule has 26 nitrogen and oxygen atoms in total. The number of amides is 9.